The van der Waals surface area contributed by atoms with Gasteiger partial charge in [-0.15, -0.1) is 0 Å². The average Bonchev–Trinajstić information content (AvgIpc) is 0.914. The van der Waals surface area contributed by atoms with Crippen molar-refractivity contribution in [3.63, 3.8) is 0 Å². The maximum absolute atomic E-state index is 13.1. The zero-order valence-corrected chi connectivity index (χ0v) is 69.6. The monoisotopic (exact) mass is 1510 g/mol. The maximum atomic E-state index is 13.1. The molecule has 0 aliphatic rings. The lowest BCUT2D eigenvalue weighted by atomic mass is 9.99. The smallest absolute Gasteiger partial charge is 0.462 e. The molecule has 19 heteroatoms. The van der Waals surface area contributed by atoms with Gasteiger partial charge in [-0.05, 0) is 43.4 Å². The van der Waals surface area contributed by atoms with Gasteiger partial charge in [-0.1, -0.05) is 389 Å². The van der Waals surface area contributed by atoms with Crippen LogP contribution in [0, 0.1) is 17.8 Å². The minimum absolute atomic E-state index is 0.106. The molecule has 0 bridgehead atoms. The molecule has 17 nitrogen and oxygen atoms in total. The van der Waals surface area contributed by atoms with Crippen molar-refractivity contribution in [3.05, 3.63) is 0 Å². The minimum Gasteiger partial charge on any atom is -0.462 e. The molecular formula is C84H164O17P2. The van der Waals surface area contributed by atoms with Crippen molar-refractivity contribution >= 4 is 39.5 Å². The van der Waals surface area contributed by atoms with Crippen LogP contribution in [0.5, 0.6) is 0 Å². The van der Waals surface area contributed by atoms with Crippen LogP contribution in [0.15, 0.2) is 0 Å². The molecule has 0 heterocycles. The van der Waals surface area contributed by atoms with Crippen molar-refractivity contribution < 1.29 is 80.2 Å². The van der Waals surface area contributed by atoms with Crippen LogP contribution in [-0.2, 0) is 65.4 Å². The molecule has 0 rings (SSSR count). The van der Waals surface area contributed by atoms with E-state index in [1.807, 2.05) is 0 Å². The van der Waals surface area contributed by atoms with Crippen molar-refractivity contribution in [1.29, 1.82) is 0 Å². The lowest BCUT2D eigenvalue weighted by molar-refractivity contribution is -0.161. The number of rotatable bonds is 82. The fourth-order valence-electron chi connectivity index (χ4n) is 13.0. The average molecular weight is 1510 g/mol. The van der Waals surface area contributed by atoms with E-state index >= 15 is 0 Å². The summed E-state index contributed by atoms with van der Waals surface area (Å²) in [7, 11) is -9.93. The maximum Gasteiger partial charge on any atom is 0.472 e. The van der Waals surface area contributed by atoms with Gasteiger partial charge < -0.3 is 33.8 Å². The first-order valence-corrected chi connectivity index (χ1v) is 46.4. The Morgan fingerprint density at radius 2 is 0.495 bits per heavy atom. The summed E-state index contributed by atoms with van der Waals surface area (Å²) >= 11 is 0. The van der Waals surface area contributed by atoms with Crippen molar-refractivity contribution in [2.75, 3.05) is 39.6 Å². The van der Waals surface area contributed by atoms with Gasteiger partial charge in [-0.2, -0.15) is 0 Å². The fourth-order valence-corrected chi connectivity index (χ4v) is 14.5. The predicted molar refractivity (Wildman–Crippen MR) is 423 cm³/mol. The first kappa shape index (κ1) is 101. The van der Waals surface area contributed by atoms with Gasteiger partial charge in [-0.25, -0.2) is 9.13 Å². The molecule has 0 aromatic heterocycles. The number of esters is 4. The molecule has 0 aromatic carbocycles. The highest BCUT2D eigenvalue weighted by atomic mass is 31.2. The molecule has 0 aromatic rings. The third-order valence-corrected chi connectivity index (χ3v) is 22.3. The summed E-state index contributed by atoms with van der Waals surface area (Å²) in [5.74, 6) is 0.307. The number of carbonyl (C=O) groups excluding carboxylic acids is 4. The summed E-state index contributed by atoms with van der Waals surface area (Å²) in [5.41, 5.74) is 0. The number of phosphoric acid groups is 2. The van der Waals surface area contributed by atoms with E-state index in [4.69, 9.17) is 37.0 Å². The first-order chi connectivity index (χ1) is 49.8. The summed E-state index contributed by atoms with van der Waals surface area (Å²) in [6.07, 6.45) is 63.7. The molecular weight excluding hydrogens is 1340 g/mol. The zero-order valence-electron chi connectivity index (χ0n) is 67.8. The van der Waals surface area contributed by atoms with E-state index in [0.29, 0.717) is 25.7 Å². The molecule has 612 valence electrons. The molecule has 0 amide bonds. The highest BCUT2D eigenvalue weighted by Gasteiger charge is 2.30. The van der Waals surface area contributed by atoms with E-state index in [9.17, 15) is 43.2 Å². The zero-order chi connectivity index (χ0) is 75.8. The number of ether oxygens (including phenoxy) is 4. The Balaban J connectivity index is 5.24. The van der Waals surface area contributed by atoms with E-state index in [2.05, 4.69) is 48.5 Å². The van der Waals surface area contributed by atoms with Crippen LogP contribution >= 0.6 is 15.6 Å². The topological polar surface area (TPSA) is 237 Å². The lowest BCUT2D eigenvalue weighted by Gasteiger charge is -2.21. The van der Waals surface area contributed by atoms with E-state index in [-0.39, 0.29) is 25.7 Å². The van der Waals surface area contributed by atoms with E-state index in [0.717, 1.165) is 108 Å². The van der Waals surface area contributed by atoms with Gasteiger partial charge in [0.25, 0.3) is 0 Å². The van der Waals surface area contributed by atoms with Crippen LogP contribution in [0.1, 0.15) is 440 Å². The Morgan fingerprint density at radius 3 is 0.738 bits per heavy atom. The van der Waals surface area contributed by atoms with Gasteiger partial charge in [0, 0.05) is 25.7 Å². The van der Waals surface area contributed by atoms with Crippen molar-refractivity contribution in [2.24, 2.45) is 17.8 Å². The highest BCUT2D eigenvalue weighted by molar-refractivity contribution is 7.47. The molecule has 0 saturated heterocycles. The molecule has 0 aliphatic carbocycles. The molecule has 0 radical (unpaired) electrons. The predicted octanol–water partition coefficient (Wildman–Crippen LogP) is 25.3. The van der Waals surface area contributed by atoms with Gasteiger partial charge in [0.1, 0.15) is 19.3 Å². The molecule has 0 aliphatic heterocycles. The van der Waals surface area contributed by atoms with Crippen LogP contribution < -0.4 is 0 Å². The Labute approximate surface area is 632 Å². The largest absolute Gasteiger partial charge is 0.472 e. The fraction of sp³-hybridized carbons (Fsp3) is 0.952. The molecule has 0 saturated carbocycles. The van der Waals surface area contributed by atoms with E-state index < -0.39 is 97.5 Å². The molecule has 3 N–H and O–H groups in total. The van der Waals surface area contributed by atoms with Gasteiger partial charge in [0.05, 0.1) is 26.4 Å². The Hall–Kier alpha value is -1.94. The lowest BCUT2D eigenvalue weighted by Crippen LogP contribution is -2.30. The van der Waals surface area contributed by atoms with Gasteiger partial charge in [-0.3, -0.25) is 37.3 Å². The second-order valence-electron chi connectivity index (χ2n) is 31.2. The quantitative estimate of drug-likeness (QED) is 0.0222. The van der Waals surface area contributed by atoms with E-state index in [1.54, 1.807) is 0 Å². The third kappa shape index (κ3) is 75.3. The summed E-state index contributed by atoms with van der Waals surface area (Å²) in [6, 6.07) is 0. The highest BCUT2D eigenvalue weighted by Crippen LogP contribution is 2.45. The SMILES string of the molecule is CCCCCCCCCCCCCCCCCC(=O)OC[C@H](COP(=O)(O)OC[C@@H](O)COP(=O)(O)OC[C@@H](COC(=O)CCCCCCCCCCC(C)CC)OC(=O)CCCCCCCCCCCCCC(C)C)OC(=O)CCCCCCCCCCCCCCCCCCCCC(C)CC. The number of phosphoric ester groups is 2. The van der Waals surface area contributed by atoms with Crippen LogP contribution in [0.4, 0.5) is 0 Å². The standard InChI is InChI=1S/C84H164O17P2/c1-8-11-12-13-14-15-16-17-22-26-31-36-44-51-58-65-81(86)94-71-79(100-83(88)67-60-53-46-37-32-27-24-21-19-18-20-23-25-30-35-42-49-56-63-76(6)9-2)73-98-102(90,91)96-69-78(85)70-97-103(92,93)99-74-80(72-95-82(87)66-59-52-45-40-39-43-50-57-64-77(7)10-3)101-84(89)68-61-54-47-38-33-28-29-34-41-48-55-62-75(4)5/h75-80,85H,8-74H2,1-7H3,(H,90,91)(H,92,93)/t76?,77?,78-,79-,80-/m1/s1. The Kier molecular flexibility index (Phi) is 72.8. The normalized spacial score (nSPS) is 14.4. The van der Waals surface area contributed by atoms with Crippen LogP contribution in [0.2, 0.25) is 0 Å². The molecule has 4 unspecified atom stereocenters. The number of aliphatic hydroxyl groups is 1. The number of hydrogen-bond donors (Lipinski definition) is 3. The van der Waals surface area contributed by atoms with Gasteiger partial charge in [0.15, 0.2) is 12.2 Å². The van der Waals surface area contributed by atoms with Crippen molar-refractivity contribution in [3.8, 4) is 0 Å². The molecule has 0 fully saturated rings. The molecule has 0 spiro atoms. The minimum atomic E-state index is -4.96. The van der Waals surface area contributed by atoms with Crippen molar-refractivity contribution in [1.82, 2.24) is 0 Å². The summed E-state index contributed by atoms with van der Waals surface area (Å²) < 4.78 is 68.8. The number of aliphatic hydroxyl groups excluding tert-OH is 1. The van der Waals surface area contributed by atoms with Crippen LogP contribution in [-0.4, -0.2) is 96.7 Å². The van der Waals surface area contributed by atoms with Gasteiger partial charge in [0.2, 0.25) is 0 Å². The number of unbranched alkanes of at least 4 members (excludes halogenated alkanes) is 48. The van der Waals surface area contributed by atoms with Gasteiger partial charge >= 0.3 is 39.5 Å². The molecule has 103 heavy (non-hydrogen) atoms. The van der Waals surface area contributed by atoms with Crippen LogP contribution in [0.25, 0.3) is 0 Å². The van der Waals surface area contributed by atoms with E-state index in [1.165, 1.54) is 250 Å². The summed E-state index contributed by atoms with van der Waals surface area (Å²) in [4.78, 5) is 73.2. The van der Waals surface area contributed by atoms with Crippen molar-refractivity contribution in [2.45, 2.75) is 458 Å². The Morgan fingerprint density at radius 1 is 0.282 bits per heavy atom. The second-order valence-corrected chi connectivity index (χ2v) is 34.1. The Bertz CT molecular complexity index is 2000. The number of carbonyl (C=O) groups is 4. The molecule has 7 atom stereocenters. The summed E-state index contributed by atoms with van der Waals surface area (Å²) in [6.45, 7) is 12.0. The second kappa shape index (κ2) is 74.2. The summed E-state index contributed by atoms with van der Waals surface area (Å²) in [5, 5.41) is 10.7. The first-order valence-electron chi connectivity index (χ1n) is 43.4. The third-order valence-electron chi connectivity index (χ3n) is 20.4. The van der Waals surface area contributed by atoms with Crippen LogP contribution in [0.3, 0.4) is 0 Å². The number of hydrogen-bond acceptors (Lipinski definition) is 15.